The highest BCUT2D eigenvalue weighted by Gasteiger charge is 2.46. The van der Waals surface area contributed by atoms with Crippen molar-refractivity contribution >= 4 is 16.9 Å². The molecular weight excluding hydrogens is 344 g/mol. The van der Waals surface area contributed by atoms with Gasteiger partial charge in [0.05, 0.1) is 31.3 Å². The monoisotopic (exact) mass is 370 g/mol. The van der Waals surface area contributed by atoms with Gasteiger partial charge < -0.3 is 14.6 Å². The highest BCUT2D eigenvalue weighted by molar-refractivity contribution is 5.84. The van der Waals surface area contributed by atoms with Gasteiger partial charge in [0.2, 0.25) is 0 Å². The van der Waals surface area contributed by atoms with Gasteiger partial charge in [0, 0.05) is 24.2 Å². The van der Waals surface area contributed by atoms with Crippen LogP contribution in [0.5, 0.6) is 5.75 Å². The van der Waals surface area contributed by atoms with Crippen molar-refractivity contribution in [2.24, 2.45) is 11.8 Å². The number of piperidine rings is 3. The molecule has 1 aromatic heterocycles. The third-order valence-corrected chi connectivity index (χ3v) is 6.06. The van der Waals surface area contributed by atoms with Gasteiger partial charge in [-0.1, -0.05) is 0 Å². The normalized spacial score (nSPS) is 28.1. The van der Waals surface area contributed by atoms with Crippen molar-refractivity contribution in [2.45, 2.75) is 31.9 Å². The van der Waals surface area contributed by atoms with Gasteiger partial charge in [0.15, 0.2) is 0 Å². The van der Waals surface area contributed by atoms with Crippen LogP contribution in [0.15, 0.2) is 30.5 Å². The van der Waals surface area contributed by atoms with Crippen LogP contribution in [0.4, 0.5) is 0 Å². The number of methoxy groups -OCH3 is 1. The van der Waals surface area contributed by atoms with Crippen molar-refractivity contribution in [1.82, 2.24) is 9.88 Å². The zero-order chi connectivity index (χ0) is 19.0. The van der Waals surface area contributed by atoms with Gasteiger partial charge in [-0.2, -0.15) is 0 Å². The summed E-state index contributed by atoms with van der Waals surface area (Å²) in [6, 6.07) is 7.61. The maximum Gasteiger partial charge on any atom is 0.310 e. The minimum Gasteiger partial charge on any atom is -0.497 e. The van der Waals surface area contributed by atoms with E-state index in [0.717, 1.165) is 41.6 Å². The van der Waals surface area contributed by atoms with E-state index in [2.05, 4.69) is 9.88 Å². The van der Waals surface area contributed by atoms with Crippen molar-refractivity contribution < 1.29 is 19.4 Å². The number of aliphatic hydroxyl groups excluding tert-OH is 1. The number of hydrogen-bond acceptors (Lipinski definition) is 6. The molecule has 5 atom stereocenters. The van der Waals surface area contributed by atoms with Crippen molar-refractivity contribution in [3.8, 4) is 5.75 Å². The lowest BCUT2D eigenvalue weighted by Crippen LogP contribution is -2.57. The average molecular weight is 370 g/mol. The maximum absolute atomic E-state index is 12.2. The molecule has 4 heterocycles. The maximum atomic E-state index is 12.2. The van der Waals surface area contributed by atoms with Crippen LogP contribution in [-0.2, 0) is 9.53 Å². The number of nitrogens with zero attached hydrogens (tertiary/aromatic N) is 2. The Morgan fingerprint density at radius 1 is 1.41 bits per heavy atom. The second-order valence-corrected chi connectivity index (χ2v) is 7.43. The SMILES string of the molecule is CCOC(=O)[C@H]1CN2CC[C@H]1C[C@@H]2[C@@H](O)c1ccnc2ccc(OC)cc12. The number of rotatable bonds is 5. The minimum atomic E-state index is -0.631. The summed E-state index contributed by atoms with van der Waals surface area (Å²) < 4.78 is 10.6. The number of pyridine rings is 1. The van der Waals surface area contributed by atoms with E-state index in [1.54, 1.807) is 13.3 Å². The van der Waals surface area contributed by atoms with E-state index < -0.39 is 6.10 Å². The molecule has 0 spiro atoms. The molecule has 6 heteroatoms. The Bertz CT molecular complexity index is 840. The minimum absolute atomic E-state index is 0.00577. The van der Waals surface area contributed by atoms with Gasteiger partial charge in [0.25, 0.3) is 0 Å². The Hall–Kier alpha value is -2.18. The number of benzene rings is 1. The quantitative estimate of drug-likeness (QED) is 0.816. The van der Waals surface area contributed by atoms with E-state index in [4.69, 9.17) is 9.47 Å². The number of ether oxygens (including phenoxy) is 2. The first-order chi connectivity index (χ1) is 13.1. The molecule has 0 saturated carbocycles. The second-order valence-electron chi connectivity index (χ2n) is 7.43. The topological polar surface area (TPSA) is 71.9 Å². The fraction of sp³-hybridized carbons (Fsp3) is 0.524. The Kier molecular flexibility index (Phi) is 5.02. The summed E-state index contributed by atoms with van der Waals surface area (Å²) in [7, 11) is 1.63. The molecule has 0 amide bonds. The van der Waals surface area contributed by atoms with Crippen molar-refractivity contribution in [3.05, 3.63) is 36.0 Å². The molecule has 3 saturated heterocycles. The number of hydrogen-bond donors (Lipinski definition) is 1. The van der Waals surface area contributed by atoms with Crippen LogP contribution < -0.4 is 4.74 Å². The fourth-order valence-electron chi connectivity index (χ4n) is 4.65. The number of esters is 1. The van der Waals surface area contributed by atoms with E-state index in [0.29, 0.717) is 13.2 Å². The lowest BCUT2D eigenvalue weighted by atomic mass is 9.73. The second kappa shape index (κ2) is 7.44. The van der Waals surface area contributed by atoms with Crippen LogP contribution in [0, 0.1) is 11.8 Å². The van der Waals surface area contributed by atoms with Gasteiger partial charge >= 0.3 is 5.97 Å². The lowest BCUT2D eigenvalue weighted by molar-refractivity contribution is -0.158. The first kappa shape index (κ1) is 18.2. The van der Waals surface area contributed by atoms with Gasteiger partial charge in [-0.25, -0.2) is 0 Å². The molecule has 3 fully saturated rings. The predicted octanol–water partition coefficient (Wildman–Crippen LogP) is 2.55. The summed E-state index contributed by atoms with van der Waals surface area (Å²) in [5.41, 5.74) is 1.71. The molecule has 27 heavy (non-hydrogen) atoms. The third kappa shape index (κ3) is 3.28. The molecule has 0 radical (unpaired) electrons. The Balaban J connectivity index is 1.60. The van der Waals surface area contributed by atoms with E-state index in [1.165, 1.54) is 0 Å². The Morgan fingerprint density at radius 3 is 2.96 bits per heavy atom. The fourth-order valence-corrected chi connectivity index (χ4v) is 4.65. The highest BCUT2D eigenvalue weighted by atomic mass is 16.5. The van der Waals surface area contributed by atoms with Gasteiger partial charge in [0.1, 0.15) is 5.75 Å². The summed E-state index contributed by atoms with van der Waals surface area (Å²) in [6.45, 7) is 3.83. The van der Waals surface area contributed by atoms with Crippen LogP contribution in [-0.4, -0.2) is 53.8 Å². The Labute approximate surface area is 159 Å². The van der Waals surface area contributed by atoms with Gasteiger partial charge in [-0.15, -0.1) is 0 Å². The zero-order valence-corrected chi connectivity index (χ0v) is 15.8. The molecule has 144 valence electrons. The largest absolute Gasteiger partial charge is 0.497 e. The van der Waals surface area contributed by atoms with Crippen LogP contribution in [0.1, 0.15) is 31.4 Å². The molecular formula is C21H26N2O4. The third-order valence-electron chi connectivity index (χ3n) is 6.06. The number of carbonyl (C=O) groups is 1. The zero-order valence-electron chi connectivity index (χ0n) is 15.8. The van der Waals surface area contributed by atoms with E-state index in [-0.39, 0.29) is 23.8 Å². The van der Waals surface area contributed by atoms with E-state index >= 15 is 0 Å². The van der Waals surface area contributed by atoms with E-state index in [9.17, 15) is 9.90 Å². The van der Waals surface area contributed by atoms with Crippen LogP contribution in [0.25, 0.3) is 10.9 Å². The highest BCUT2D eigenvalue weighted by Crippen LogP contribution is 2.42. The number of carbonyl (C=O) groups excluding carboxylic acids is 1. The first-order valence-corrected chi connectivity index (χ1v) is 9.63. The van der Waals surface area contributed by atoms with Crippen molar-refractivity contribution in [1.29, 1.82) is 0 Å². The number of aromatic nitrogens is 1. The van der Waals surface area contributed by atoms with Gasteiger partial charge in [-0.3, -0.25) is 14.7 Å². The summed E-state index contributed by atoms with van der Waals surface area (Å²) in [6.07, 6.45) is 2.90. The van der Waals surface area contributed by atoms with Gasteiger partial charge in [-0.05, 0) is 62.1 Å². The standard InChI is InChI=1S/C21H26N2O4/c1-3-27-21(25)17-12-23-9-7-13(17)10-19(23)20(24)15-6-8-22-18-5-4-14(26-2)11-16(15)18/h4-6,8,11,13,17,19-20,24H,3,7,9-10,12H2,1-2H3/t13-,17-,19+,20-/m0/s1. The predicted molar refractivity (Wildman–Crippen MR) is 101 cm³/mol. The molecule has 1 N–H and O–H groups in total. The van der Waals surface area contributed by atoms with Crippen LogP contribution in [0.2, 0.25) is 0 Å². The first-order valence-electron chi connectivity index (χ1n) is 9.63. The lowest BCUT2D eigenvalue weighted by Gasteiger charge is -2.50. The molecule has 2 bridgehead atoms. The summed E-state index contributed by atoms with van der Waals surface area (Å²) in [5, 5.41) is 12.1. The summed E-state index contributed by atoms with van der Waals surface area (Å²) >= 11 is 0. The molecule has 3 aliphatic heterocycles. The van der Waals surface area contributed by atoms with Crippen molar-refractivity contribution in [2.75, 3.05) is 26.8 Å². The summed E-state index contributed by atoms with van der Waals surface area (Å²) in [5.74, 6) is 0.851. The summed E-state index contributed by atoms with van der Waals surface area (Å²) in [4.78, 5) is 18.9. The van der Waals surface area contributed by atoms with Crippen molar-refractivity contribution in [3.63, 3.8) is 0 Å². The van der Waals surface area contributed by atoms with Crippen LogP contribution in [0.3, 0.4) is 0 Å². The number of aliphatic hydroxyl groups is 1. The Morgan fingerprint density at radius 2 is 2.26 bits per heavy atom. The molecule has 1 unspecified atom stereocenters. The average Bonchev–Trinajstić information content (AvgIpc) is 2.72. The number of fused-ring (bicyclic) bond motifs is 4. The smallest absolute Gasteiger partial charge is 0.310 e. The molecule has 1 aromatic carbocycles. The molecule has 2 aromatic rings. The molecule has 3 aliphatic rings. The van der Waals surface area contributed by atoms with Crippen LogP contribution >= 0.6 is 0 Å². The molecule has 0 aliphatic carbocycles. The van der Waals surface area contributed by atoms with E-state index in [1.807, 2.05) is 31.2 Å². The molecule has 5 rings (SSSR count). The molecule has 6 nitrogen and oxygen atoms in total.